The van der Waals surface area contributed by atoms with Gasteiger partial charge in [0.05, 0.1) is 6.04 Å². The molecule has 1 fully saturated rings. The van der Waals surface area contributed by atoms with E-state index >= 15 is 0 Å². The van der Waals surface area contributed by atoms with E-state index in [1.54, 1.807) is 12.1 Å². The monoisotopic (exact) mass is 319 g/mol. The van der Waals surface area contributed by atoms with Crippen LogP contribution in [0.1, 0.15) is 24.9 Å². The molecule has 0 spiro atoms. The molecule has 1 aromatic rings. The van der Waals surface area contributed by atoms with Gasteiger partial charge in [0.25, 0.3) is 0 Å². The lowest BCUT2D eigenvalue weighted by Crippen LogP contribution is -2.35. The van der Waals surface area contributed by atoms with Gasteiger partial charge in [-0.1, -0.05) is 19.1 Å². The summed E-state index contributed by atoms with van der Waals surface area (Å²) in [6, 6.07) is 5.59. The summed E-state index contributed by atoms with van der Waals surface area (Å²) in [5.41, 5.74) is 0.647. The van der Waals surface area contributed by atoms with Crippen LogP contribution in [-0.2, 0) is 9.53 Å². The van der Waals surface area contributed by atoms with Gasteiger partial charge in [0.2, 0.25) is 5.91 Å². The number of hydrogen-bond donors (Lipinski definition) is 0. The molecule has 0 aliphatic carbocycles. The van der Waals surface area contributed by atoms with Crippen molar-refractivity contribution in [2.24, 2.45) is 5.92 Å². The average Bonchev–Trinajstić information content (AvgIpc) is 2.79. The highest BCUT2D eigenvalue weighted by Gasteiger charge is 2.36. The van der Waals surface area contributed by atoms with E-state index in [0.29, 0.717) is 18.5 Å². The van der Waals surface area contributed by atoms with E-state index in [1.807, 2.05) is 6.92 Å². The van der Waals surface area contributed by atoms with E-state index in [-0.39, 0.29) is 12.0 Å². The number of carbonyl (C=O) groups excluding carboxylic acids is 1. The first-order valence-electron chi connectivity index (χ1n) is 6.97. The summed E-state index contributed by atoms with van der Waals surface area (Å²) in [7, 11) is 0. The van der Waals surface area contributed by atoms with Gasteiger partial charge in [0.1, 0.15) is 19.0 Å². The molecule has 0 N–H and O–H groups in total. The number of nitrogens with zero attached hydrogens (tertiary/aromatic N) is 1. The normalized spacial score (nSPS) is 22.1. The van der Waals surface area contributed by atoms with Crippen molar-refractivity contribution in [3.05, 3.63) is 35.6 Å². The van der Waals surface area contributed by atoms with Crippen LogP contribution in [0.4, 0.5) is 17.6 Å². The maximum atomic E-state index is 13.4. The Bertz CT molecular complexity index is 533. The number of alkyl halides is 3. The molecule has 2 atom stereocenters. The summed E-state index contributed by atoms with van der Waals surface area (Å²) < 4.78 is 53.9. The van der Waals surface area contributed by atoms with Crippen molar-refractivity contribution in [2.45, 2.75) is 25.6 Å². The molecule has 0 saturated carbocycles. The molecule has 1 amide bonds. The Hall–Kier alpha value is -1.63. The molecule has 1 aliphatic rings. The first-order valence-corrected chi connectivity index (χ1v) is 6.97. The molecule has 0 unspecified atom stereocenters. The average molecular weight is 319 g/mol. The van der Waals surface area contributed by atoms with Crippen LogP contribution in [0, 0.1) is 11.7 Å². The van der Waals surface area contributed by atoms with Crippen LogP contribution in [0.3, 0.4) is 0 Å². The van der Waals surface area contributed by atoms with E-state index in [2.05, 4.69) is 4.74 Å². The van der Waals surface area contributed by atoms with Gasteiger partial charge in [-0.05, 0) is 30.0 Å². The number of hydrogen-bond acceptors (Lipinski definition) is 2. The Morgan fingerprint density at radius 2 is 2.14 bits per heavy atom. The summed E-state index contributed by atoms with van der Waals surface area (Å²) in [6.07, 6.45) is -3.74. The van der Waals surface area contributed by atoms with Gasteiger partial charge in [-0.25, -0.2) is 4.39 Å². The molecule has 1 heterocycles. The second-order valence-electron chi connectivity index (χ2n) is 5.46. The van der Waals surface area contributed by atoms with Crippen LogP contribution < -0.4 is 0 Å². The number of halogens is 4. The highest BCUT2D eigenvalue weighted by molar-refractivity contribution is 5.78. The molecule has 0 radical (unpaired) electrons. The van der Waals surface area contributed by atoms with E-state index < -0.39 is 31.1 Å². The standard InChI is InChI=1S/C15H17F4NO2/c1-10-5-6-20(13(21)8-22-9-15(17,18)19)14(10)11-3-2-4-12(16)7-11/h2-4,7,10,14H,5-6,8-9H2,1H3/t10-,14-/m0/s1. The third-order valence-electron chi connectivity index (χ3n) is 3.70. The topological polar surface area (TPSA) is 29.5 Å². The molecule has 7 heteroatoms. The van der Waals surface area contributed by atoms with Crippen molar-refractivity contribution in [3.63, 3.8) is 0 Å². The molecule has 1 aliphatic heterocycles. The van der Waals surface area contributed by atoms with E-state index in [0.717, 1.165) is 0 Å². The molecule has 22 heavy (non-hydrogen) atoms. The third kappa shape index (κ3) is 4.19. The summed E-state index contributed by atoms with van der Waals surface area (Å²) in [6.45, 7) is 0.279. The lowest BCUT2D eigenvalue weighted by Gasteiger charge is -2.27. The lowest BCUT2D eigenvalue weighted by atomic mass is 9.95. The van der Waals surface area contributed by atoms with E-state index in [4.69, 9.17) is 0 Å². The van der Waals surface area contributed by atoms with Gasteiger partial charge < -0.3 is 9.64 Å². The summed E-state index contributed by atoms with van der Waals surface area (Å²) >= 11 is 0. The Morgan fingerprint density at radius 1 is 1.41 bits per heavy atom. The van der Waals surface area contributed by atoms with Crippen LogP contribution in [0.5, 0.6) is 0 Å². The van der Waals surface area contributed by atoms with Crippen molar-refractivity contribution in [2.75, 3.05) is 19.8 Å². The summed E-state index contributed by atoms with van der Waals surface area (Å²) in [5.74, 6) is -0.812. The number of benzene rings is 1. The highest BCUT2D eigenvalue weighted by Crippen LogP contribution is 2.37. The van der Waals surface area contributed by atoms with Gasteiger partial charge in [-0.2, -0.15) is 13.2 Å². The molecule has 2 rings (SSSR count). The van der Waals surface area contributed by atoms with E-state index in [9.17, 15) is 22.4 Å². The van der Waals surface area contributed by atoms with Gasteiger partial charge in [-0.3, -0.25) is 4.79 Å². The Morgan fingerprint density at radius 3 is 2.77 bits per heavy atom. The number of carbonyl (C=O) groups is 1. The number of likely N-dealkylation sites (tertiary alicyclic amines) is 1. The summed E-state index contributed by atoms with van der Waals surface area (Å²) in [4.78, 5) is 13.6. The predicted molar refractivity (Wildman–Crippen MR) is 71.5 cm³/mol. The zero-order chi connectivity index (χ0) is 16.3. The Kier molecular flexibility index (Phi) is 5.05. The largest absolute Gasteiger partial charge is 0.411 e. The highest BCUT2D eigenvalue weighted by atomic mass is 19.4. The van der Waals surface area contributed by atoms with Gasteiger partial charge >= 0.3 is 6.18 Å². The number of rotatable bonds is 4. The van der Waals surface area contributed by atoms with Crippen LogP contribution >= 0.6 is 0 Å². The van der Waals surface area contributed by atoms with E-state index in [1.165, 1.54) is 17.0 Å². The SMILES string of the molecule is C[C@H]1CCN(C(=O)COCC(F)(F)F)[C@@H]1c1cccc(F)c1. The molecule has 3 nitrogen and oxygen atoms in total. The second kappa shape index (κ2) is 6.64. The summed E-state index contributed by atoms with van der Waals surface area (Å²) in [5, 5.41) is 0. The van der Waals surface area contributed by atoms with Crippen molar-refractivity contribution in [1.82, 2.24) is 4.90 Å². The first kappa shape index (κ1) is 16.7. The lowest BCUT2D eigenvalue weighted by molar-refractivity contribution is -0.178. The number of amides is 1. The van der Waals surface area contributed by atoms with Gasteiger partial charge in [0.15, 0.2) is 0 Å². The van der Waals surface area contributed by atoms with Gasteiger partial charge in [-0.15, -0.1) is 0 Å². The van der Waals surface area contributed by atoms with Crippen molar-refractivity contribution in [3.8, 4) is 0 Å². The minimum atomic E-state index is -4.46. The molecule has 0 bridgehead atoms. The van der Waals surface area contributed by atoms with Crippen LogP contribution in [-0.4, -0.2) is 36.7 Å². The fraction of sp³-hybridized carbons (Fsp3) is 0.533. The Balaban J connectivity index is 2.04. The molecule has 1 aromatic carbocycles. The fourth-order valence-electron chi connectivity index (χ4n) is 2.76. The van der Waals surface area contributed by atoms with Gasteiger partial charge in [0, 0.05) is 6.54 Å². The fourth-order valence-corrected chi connectivity index (χ4v) is 2.76. The second-order valence-corrected chi connectivity index (χ2v) is 5.46. The maximum Gasteiger partial charge on any atom is 0.411 e. The minimum Gasteiger partial charge on any atom is -0.362 e. The molecular formula is C15H17F4NO2. The minimum absolute atomic E-state index is 0.105. The smallest absolute Gasteiger partial charge is 0.362 e. The quantitative estimate of drug-likeness (QED) is 0.797. The molecule has 1 saturated heterocycles. The first-order chi connectivity index (χ1) is 10.3. The molecule has 122 valence electrons. The van der Waals surface area contributed by atoms with Crippen molar-refractivity contribution in [1.29, 1.82) is 0 Å². The van der Waals surface area contributed by atoms with Crippen LogP contribution in [0.15, 0.2) is 24.3 Å². The van der Waals surface area contributed by atoms with Crippen molar-refractivity contribution < 1.29 is 27.1 Å². The van der Waals surface area contributed by atoms with Crippen LogP contribution in [0.2, 0.25) is 0 Å². The zero-order valence-electron chi connectivity index (χ0n) is 12.1. The number of ether oxygens (including phenoxy) is 1. The Labute approximate surface area is 125 Å². The molecular weight excluding hydrogens is 302 g/mol. The zero-order valence-corrected chi connectivity index (χ0v) is 12.1. The predicted octanol–water partition coefficient (Wildman–Crippen LogP) is 3.31. The maximum absolute atomic E-state index is 13.4. The van der Waals surface area contributed by atoms with Crippen molar-refractivity contribution >= 4 is 5.91 Å². The third-order valence-corrected chi connectivity index (χ3v) is 3.70. The van der Waals surface area contributed by atoms with Crippen LogP contribution in [0.25, 0.3) is 0 Å². The molecule has 0 aromatic heterocycles.